The smallest absolute Gasteiger partial charge is 0.274 e. The quantitative estimate of drug-likeness (QED) is 0.661. The highest BCUT2D eigenvalue weighted by Crippen LogP contribution is 2.35. The molecule has 4 nitrogen and oxygen atoms in total. The van der Waals surface area contributed by atoms with E-state index in [0.717, 1.165) is 17.7 Å². The van der Waals surface area contributed by atoms with Crippen molar-refractivity contribution >= 4 is 5.91 Å². The first kappa shape index (κ1) is 14.6. The summed E-state index contributed by atoms with van der Waals surface area (Å²) in [6.45, 7) is 2.81. The number of benzene rings is 2. The van der Waals surface area contributed by atoms with Gasteiger partial charge in [-0.15, -0.1) is 0 Å². The van der Waals surface area contributed by atoms with E-state index in [9.17, 15) is 4.79 Å². The highest BCUT2D eigenvalue weighted by Gasteiger charge is 2.25. The minimum atomic E-state index is -0.525. The standard InChI is InChI=1S/C18H19NO3/c1-12-9-14-7-8-15(18(20)19-21)10-17(14)22-11-16(12)13-5-3-2-4-6-13/h2-8,10,12,16,21H,9,11H2,1H3,(H,19,20)/t12?,16-/m1/s1. The molecule has 1 aliphatic heterocycles. The van der Waals surface area contributed by atoms with Crippen molar-refractivity contribution in [2.24, 2.45) is 5.92 Å². The molecule has 2 aromatic rings. The molecule has 114 valence electrons. The third-order valence-corrected chi connectivity index (χ3v) is 4.31. The van der Waals surface area contributed by atoms with E-state index in [1.807, 2.05) is 24.3 Å². The molecule has 0 bridgehead atoms. The van der Waals surface area contributed by atoms with Gasteiger partial charge in [0.1, 0.15) is 5.75 Å². The summed E-state index contributed by atoms with van der Waals surface area (Å²) >= 11 is 0. The first-order chi connectivity index (χ1) is 10.7. The molecule has 0 spiro atoms. The third kappa shape index (κ3) is 2.83. The van der Waals surface area contributed by atoms with Gasteiger partial charge in [-0.1, -0.05) is 43.3 Å². The van der Waals surface area contributed by atoms with Crippen molar-refractivity contribution in [3.63, 3.8) is 0 Å². The Kier molecular flexibility index (Phi) is 4.11. The molecule has 1 heterocycles. The Morgan fingerprint density at radius 3 is 2.73 bits per heavy atom. The molecule has 0 saturated carbocycles. The average molecular weight is 297 g/mol. The molecule has 0 saturated heterocycles. The van der Waals surface area contributed by atoms with E-state index in [4.69, 9.17) is 9.94 Å². The van der Waals surface area contributed by atoms with Gasteiger partial charge < -0.3 is 4.74 Å². The second kappa shape index (κ2) is 6.20. The summed E-state index contributed by atoms with van der Waals surface area (Å²) < 4.78 is 5.96. The minimum Gasteiger partial charge on any atom is -0.493 e. The molecule has 3 rings (SSSR count). The van der Waals surface area contributed by atoms with E-state index in [1.54, 1.807) is 17.6 Å². The Labute approximate surface area is 129 Å². The molecule has 22 heavy (non-hydrogen) atoms. The van der Waals surface area contributed by atoms with Gasteiger partial charge in [0.2, 0.25) is 0 Å². The van der Waals surface area contributed by atoms with Crippen LogP contribution in [0.5, 0.6) is 5.75 Å². The molecule has 0 fully saturated rings. The molecule has 0 aromatic heterocycles. The maximum absolute atomic E-state index is 11.5. The predicted octanol–water partition coefficient (Wildman–Crippen LogP) is 3.16. The first-order valence-corrected chi connectivity index (χ1v) is 7.44. The summed E-state index contributed by atoms with van der Waals surface area (Å²) in [7, 11) is 0. The van der Waals surface area contributed by atoms with Crippen molar-refractivity contribution < 1.29 is 14.7 Å². The maximum atomic E-state index is 11.5. The number of hydrogen-bond donors (Lipinski definition) is 2. The number of carbonyl (C=O) groups is 1. The van der Waals surface area contributed by atoms with Crippen LogP contribution in [0.2, 0.25) is 0 Å². The molecule has 1 amide bonds. The van der Waals surface area contributed by atoms with E-state index in [0.29, 0.717) is 24.0 Å². The van der Waals surface area contributed by atoms with E-state index < -0.39 is 5.91 Å². The minimum absolute atomic E-state index is 0.323. The average Bonchev–Trinajstić information content (AvgIpc) is 2.72. The van der Waals surface area contributed by atoms with Gasteiger partial charge in [0.05, 0.1) is 6.61 Å². The van der Waals surface area contributed by atoms with Crippen LogP contribution in [-0.2, 0) is 6.42 Å². The van der Waals surface area contributed by atoms with Gasteiger partial charge >= 0.3 is 0 Å². The second-order valence-corrected chi connectivity index (χ2v) is 5.77. The monoisotopic (exact) mass is 297 g/mol. The summed E-state index contributed by atoms with van der Waals surface area (Å²) in [4.78, 5) is 11.5. The Morgan fingerprint density at radius 1 is 1.23 bits per heavy atom. The van der Waals surface area contributed by atoms with Gasteiger partial charge in [0.25, 0.3) is 5.91 Å². The van der Waals surface area contributed by atoms with Crippen LogP contribution in [-0.4, -0.2) is 17.7 Å². The Balaban J connectivity index is 1.88. The summed E-state index contributed by atoms with van der Waals surface area (Å²) in [6, 6.07) is 15.7. The predicted molar refractivity (Wildman–Crippen MR) is 83.2 cm³/mol. The lowest BCUT2D eigenvalue weighted by Crippen LogP contribution is -2.18. The van der Waals surface area contributed by atoms with Crippen LogP contribution in [0.1, 0.15) is 34.3 Å². The third-order valence-electron chi connectivity index (χ3n) is 4.31. The van der Waals surface area contributed by atoms with Crippen molar-refractivity contribution in [3.05, 3.63) is 65.2 Å². The lowest BCUT2D eigenvalue weighted by Gasteiger charge is -2.20. The van der Waals surface area contributed by atoms with E-state index in [1.165, 1.54) is 5.56 Å². The van der Waals surface area contributed by atoms with E-state index >= 15 is 0 Å². The Hall–Kier alpha value is -2.33. The zero-order chi connectivity index (χ0) is 15.5. The first-order valence-electron chi connectivity index (χ1n) is 7.44. The molecule has 0 radical (unpaired) electrons. The molecular weight excluding hydrogens is 278 g/mol. The highest BCUT2D eigenvalue weighted by atomic mass is 16.5. The molecule has 2 atom stereocenters. The number of fused-ring (bicyclic) bond motifs is 1. The summed E-state index contributed by atoms with van der Waals surface area (Å²) in [5, 5.41) is 8.74. The zero-order valence-electron chi connectivity index (χ0n) is 12.5. The molecule has 1 aliphatic rings. The van der Waals surface area contributed by atoms with Gasteiger partial charge in [0.15, 0.2) is 0 Å². The highest BCUT2D eigenvalue weighted by molar-refractivity contribution is 5.93. The molecule has 4 heteroatoms. The van der Waals surface area contributed by atoms with Gasteiger partial charge in [0, 0.05) is 11.5 Å². The topological polar surface area (TPSA) is 58.6 Å². The fourth-order valence-corrected chi connectivity index (χ4v) is 3.02. The van der Waals surface area contributed by atoms with Gasteiger partial charge in [-0.05, 0) is 35.6 Å². The number of carbonyl (C=O) groups excluding carboxylic acids is 1. The van der Waals surface area contributed by atoms with Crippen molar-refractivity contribution in [2.45, 2.75) is 19.3 Å². The van der Waals surface area contributed by atoms with Crippen LogP contribution in [0.15, 0.2) is 48.5 Å². The maximum Gasteiger partial charge on any atom is 0.274 e. The lowest BCUT2D eigenvalue weighted by molar-refractivity contribution is 0.0706. The van der Waals surface area contributed by atoms with Gasteiger partial charge in [-0.3, -0.25) is 10.0 Å². The van der Waals surface area contributed by atoms with Crippen LogP contribution in [0.4, 0.5) is 0 Å². The second-order valence-electron chi connectivity index (χ2n) is 5.77. The summed E-state index contributed by atoms with van der Waals surface area (Å²) in [5.41, 5.74) is 4.42. The van der Waals surface area contributed by atoms with Crippen molar-refractivity contribution in [2.75, 3.05) is 6.61 Å². The Morgan fingerprint density at radius 2 is 2.00 bits per heavy atom. The molecule has 2 aromatic carbocycles. The van der Waals surface area contributed by atoms with Crippen molar-refractivity contribution in [1.29, 1.82) is 0 Å². The normalized spacial score (nSPS) is 20.5. The number of ether oxygens (including phenoxy) is 1. The van der Waals surface area contributed by atoms with Crippen LogP contribution >= 0.6 is 0 Å². The summed E-state index contributed by atoms with van der Waals surface area (Å²) in [6.07, 6.45) is 0.899. The molecular formula is C18H19NO3. The molecule has 0 aliphatic carbocycles. The summed E-state index contributed by atoms with van der Waals surface area (Å²) in [5.74, 6) is 0.972. The van der Waals surface area contributed by atoms with E-state index in [2.05, 4.69) is 19.1 Å². The van der Waals surface area contributed by atoms with Crippen LogP contribution in [0, 0.1) is 5.92 Å². The number of amides is 1. The number of rotatable bonds is 2. The van der Waals surface area contributed by atoms with Gasteiger partial charge in [-0.25, -0.2) is 5.48 Å². The SMILES string of the molecule is CC1Cc2ccc(C(=O)NO)cc2OC[C@H]1c1ccccc1. The fraction of sp³-hybridized carbons (Fsp3) is 0.278. The van der Waals surface area contributed by atoms with Gasteiger partial charge in [-0.2, -0.15) is 0 Å². The number of hydroxylamine groups is 1. The van der Waals surface area contributed by atoms with Crippen LogP contribution in [0.25, 0.3) is 0 Å². The van der Waals surface area contributed by atoms with Crippen LogP contribution in [0.3, 0.4) is 0 Å². The Bertz CT molecular complexity index is 669. The number of hydrogen-bond acceptors (Lipinski definition) is 3. The lowest BCUT2D eigenvalue weighted by atomic mass is 9.84. The fourth-order valence-electron chi connectivity index (χ4n) is 3.02. The molecule has 2 N–H and O–H groups in total. The molecule has 1 unspecified atom stereocenters. The largest absolute Gasteiger partial charge is 0.493 e. The number of nitrogens with one attached hydrogen (secondary N) is 1. The van der Waals surface area contributed by atoms with Crippen LogP contribution < -0.4 is 10.2 Å². The van der Waals surface area contributed by atoms with Crippen molar-refractivity contribution in [3.8, 4) is 5.75 Å². The van der Waals surface area contributed by atoms with Crippen molar-refractivity contribution in [1.82, 2.24) is 5.48 Å². The van der Waals surface area contributed by atoms with E-state index in [-0.39, 0.29) is 0 Å². The zero-order valence-corrected chi connectivity index (χ0v) is 12.5.